The van der Waals surface area contributed by atoms with E-state index in [1.807, 2.05) is 0 Å². The Labute approximate surface area is 114 Å². The van der Waals surface area contributed by atoms with Crippen molar-refractivity contribution in [1.29, 1.82) is 0 Å². The molecule has 7 heteroatoms. The maximum absolute atomic E-state index is 11.9. The topological polar surface area (TPSA) is 88.7 Å². The number of benzene rings is 1. The molecule has 2 heterocycles. The number of carboxylic acid groups (broad SMARTS) is 1. The number of hydrogen-bond acceptors (Lipinski definition) is 4. The van der Waals surface area contributed by atoms with E-state index in [1.54, 1.807) is 28.7 Å². The number of sulfone groups is 1. The fourth-order valence-corrected chi connectivity index (χ4v) is 3.08. The standard InChI is InChI=1S/C13H10N2O4S/c1-20(18,19)11-6-12-14-9(13(16)17)7-15(12)10-5-3-2-4-8(10)11/h2-7H,1H3,(H,16,17). The summed E-state index contributed by atoms with van der Waals surface area (Å²) in [6.07, 6.45) is 2.50. The highest BCUT2D eigenvalue weighted by Gasteiger charge is 2.17. The van der Waals surface area contributed by atoms with Crippen molar-refractivity contribution in [3.8, 4) is 0 Å². The van der Waals surface area contributed by atoms with Crippen LogP contribution in [0.15, 0.2) is 41.4 Å². The van der Waals surface area contributed by atoms with Gasteiger partial charge in [0.1, 0.15) is 5.65 Å². The predicted molar refractivity (Wildman–Crippen MR) is 72.8 cm³/mol. The highest BCUT2D eigenvalue weighted by atomic mass is 32.2. The first-order valence-electron chi connectivity index (χ1n) is 5.72. The number of hydrogen-bond donors (Lipinski definition) is 1. The van der Waals surface area contributed by atoms with Crippen LogP contribution in [0.1, 0.15) is 10.5 Å². The van der Waals surface area contributed by atoms with Gasteiger partial charge in [0.05, 0.1) is 10.4 Å². The molecule has 1 N–H and O–H groups in total. The monoisotopic (exact) mass is 290 g/mol. The van der Waals surface area contributed by atoms with Crippen LogP contribution in [-0.4, -0.2) is 35.1 Å². The van der Waals surface area contributed by atoms with Gasteiger partial charge in [0.25, 0.3) is 0 Å². The van der Waals surface area contributed by atoms with E-state index in [0.717, 1.165) is 6.26 Å². The van der Waals surface area contributed by atoms with Gasteiger partial charge in [0.2, 0.25) is 0 Å². The number of carboxylic acids is 1. The van der Waals surface area contributed by atoms with Gasteiger partial charge in [-0.2, -0.15) is 0 Å². The summed E-state index contributed by atoms with van der Waals surface area (Å²) in [5.74, 6) is -1.15. The fraction of sp³-hybridized carbons (Fsp3) is 0.0769. The number of imidazole rings is 1. The second-order valence-corrected chi connectivity index (χ2v) is 6.44. The summed E-state index contributed by atoms with van der Waals surface area (Å²) in [6.45, 7) is 0. The molecular weight excluding hydrogens is 280 g/mol. The molecule has 0 unspecified atom stereocenters. The number of aromatic carboxylic acids is 1. The van der Waals surface area contributed by atoms with E-state index < -0.39 is 15.8 Å². The van der Waals surface area contributed by atoms with E-state index in [0.29, 0.717) is 16.6 Å². The van der Waals surface area contributed by atoms with Crippen molar-refractivity contribution in [2.45, 2.75) is 4.90 Å². The Kier molecular flexibility index (Phi) is 2.55. The predicted octanol–water partition coefficient (Wildman–Crippen LogP) is 1.59. The van der Waals surface area contributed by atoms with Gasteiger partial charge in [0, 0.05) is 23.9 Å². The molecule has 6 nitrogen and oxygen atoms in total. The van der Waals surface area contributed by atoms with Crippen LogP contribution in [0.2, 0.25) is 0 Å². The number of carbonyl (C=O) groups is 1. The van der Waals surface area contributed by atoms with Crippen molar-refractivity contribution < 1.29 is 18.3 Å². The van der Waals surface area contributed by atoms with Crippen molar-refractivity contribution >= 4 is 32.4 Å². The minimum atomic E-state index is -3.43. The molecule has 0 aliphatic rings. The van der Waals surface area contributed by atoms with E-state index in [9.17, 15) is 13.2 Å². The van der Waals surface area contributed by atoms with Gasteiger partial charge < -0.3 is 5.11 Å². The molecule has 0 saturated carbocycles. The van der Waals surface area contributed by atoms with Crippen LogP contribution in [0.3, 0.4) is 0 Å². The molecule has 3 rings (SSSR count). The second kappa shape index (κ2) is 4.04. The molecule has 2 aromatic heterocycles. The summed E-state index contributed by atoms with van der Waals surface area (Å²) in [5, 5.41) is 9.53. The van der Waals surface area contributed by atoms with E-state index in [4.69, 9.17) is 5.11 Å². The lowest BCUT2D eigenvalue weighted by Gasteiger charge is -2.07. The van der Waals surface area contributed by atoms with Gasteiger partial charge in [-0.25, -0.2) is 18.2 Å². The molecule has 102 valence electrons. The summed E-state index contributed by atoms with van der Waals surface area (Å²) in [6, 6.07) is 8.30. The Balaban J connectivity index is 2.55. The third-order valence-corrected chi connectivity index (χ3v) is 4.18. The van der Waals surface area contributed by atoms with Gasteiger partial charge in [-0.05, 0) is 6.07 Å². The third kappa shape index (κ3) is 1.83. The molecule has 3 aromatic rings. The maximum Gasteiger partial charge on any atom is 0.356 e. The quantitative estimate of drug-likeness (QED) is 0.774. The first-order valence-corrected chi connectivity index (χ1v) is 7.61. The van der Waals surface area contributed by atoms with Crippen molar-refractivity contribution in [2.24, 2.45) is 0 Å². The average Bonchev–Trinajstić information content (AvgIpc) is 2.81. The van der Waals surface area contributed by atoms with Gasteiger partial charge in [-0.3, -0.25) is 4.40 Å². The number of nitrogens with zero attached hydrogens (tertiary/aromatic N) is 2. The lowest BCUT2D eigenvalue weighted by molar-refractivity contribution is 0.0691. The molecule has 20 heavy (non-hydrogen) atoms. The van der Waals surface area contributed by atoms with Crippen molar-refractivity contribution in [2.75, 3.05) is 6.26 Å². The maximum atomic E-state index is 11.9. The lowest BCUT2D eigenvalue weighted by Crippen LogP contribution is -2.00. The van der Waals surface area contributed by atoms with E-state index >= 15 is 0 Å². The molecule has 0 radical (unpaired) electrons. The van der Waals surface area contributed by atoms with Crippen LogP contribution in [0, 0.1) is 0 Å². The normalized spacial score (nSPS) is 12.1. The van der Waals surface area contributed by atoms with E-state index in [-0.39, 0.29) is 10.6 Å². The van der Waals surface area contributed by atoms with E-state index in [2.05, 4.69) is 4.98 Å². The number of aromatic nitrogens is 2. The SMILES string of the molecule is CS(=O)(=O)c1cc2nc(C(=O)O)cn2c2ccccc12. The van der Waals surface area contributed by atoms with Crippen molar-refractivity contribution in [3.05, 3.63) is 42.2 Å². The zero-order chi connectivity index (χ0) is 14.5. The van der Waals surface area contributed by atoms with Gasteiger partial charge in [0.15, 0.2) is 15.5 Å². The Morgan fingerprint density at radius 1 is 1.30 bits per heavy atom. The first kappa shape index (κ1) is 12.6. The van der Waals surface area contributed by atoms with Gasteiger partial charge in [-0.1, -0.05) is 18.2 Å². The van der Waals surface area contributed by atoms with E-state index in [1.165, 1.54) is 12.3 Å². The minimum Gasteiger partial charge on any atom is -0.476 e. The smallest absolute Gasteiger partial charge is 0.356 e. The highest BCUT2D eigenvalue weighted by molar-refractivity contribution is 7.91. The van der Waals surface area contributed by atoms with Gasteiger partial charge in [-0.15, -0.1) is 0 Å². The largest absolute Gasteiger partial charge is 0.476 e. The molecule has 0 atom stereocenters. The molecular formula is C13H10N2O4S. The van der Waals surface area contributed by atoms with Crippen LogP contribution in [0.5, 0.6) is 0 Å². The summed E-state index contributed by atoms with van der Waals surface area (Å²) >= 11 is 0. The molecule has 0 amide bonds. The summed E-state index contributed by atoms with van der Waals surface area (Å²) in [4.78, 5) is 15.1. The Hall–Kier alpha value is -2.41. The number of pyridine rings is 1. The van der Waals surface area contributed by atoms with Gasteiger partial charge >= 0.3 is 5.97 Å². The summed E-state index contributed by atoms with van der Waals surface area (Å²) in [7, 11) is -3.43. The zero-order valence-electron chi connectivity index (χ0n) is 10.4. The van der Waals surface area contributed by atoms with Crippen LogP contribution in [0.25, 0.3) is 16.6 Å². The van der Waals surface area contributed by atoms with Crippen LogP contribution in [0.4, 0.5) is 0 Å². The Morgan fingerprint density at radius 2 is 2.00 bits per heavy atom. The lowest BCUT2D eigenvalue weighted by atomic mass is 10.2. The summed E-state index contributed by atoms with van der Waals surface area (Å²) < 4.78 is 25.3. The molecule has 0 saturated heterocycles. The molecule has 0 aliphatic heterocycles. The fourth-order valence-electron chi connectivity index (χ4n) is 2.19. The van der Waals surface area contributed by atoms with Crippen molar-refractivity contribution in [1.82, 2.24) is 9.38 Å². The highest BCUT2D eigenvalue weighted by Crippen LogP contribution is 2.25. The Morgan fingerprint density at radius 3 is 2.65 bits per heavy atom. The van der Waals surface area contributed by atoms with Crippen LogP contribution >= 0.6 is 0 Å². The average molecular weight is 290 g/mol. The molecule has 1 aromatic carbocycles. The summed E-state index contributed by atoms with van der Waals surface area (Å²) in [5.41, 5.74) is 0.771. The van der Waals surface area contributed by atoms with Crippen molar-refractivity contribution in [3.63, 3.8) is 0 Å². The zero-order valence-corrected chi connectivity index (χ0v) is 11.3. The van der Waals surface area contributed by atoms with Crippen LogP contribution < -0.4 is 0 Å². The second-order valence-electron chi connectivity index (χ2n) is 4.46. The number of rotatable bonds is 2. The number of fused-ring (bicyclic) bond motifs is 3. The minimum absolute atomic E-state index is 0.124. The molecule has 0 bridgehead atoms. The number of para-hydroxylation sites is 1. The first-order chi connectivity index (χ1) is 9.38. The molecule has 0 aliphatic carbocycles. The Bertz CT molecular complexity index is 957. The third-order valence-electron chi connectivity index (χ3n) is 3.04. The molecule has 0 spiro atoms. The van der Waals surface area contributed by atoms with Crippen LogP contribution in [-0.2, 0) is 9.84 Å². The molecule has 0 fully saturated rings.